The molecule has 2 aromatic heterocycles. The maximum Gasteiger partial charge on any atom is 0.232 e. The number of ether oxygens (including phenoxy) is 1. The average molecular weight is 409 g/mol. The van der Waals surface area contributed by atoms with E-state index in [4.69, 9.17) is 16.3 Å². The number of nitrogens with one attached hydrogen (secondary N) is 1. The van der Waals surface area contributed by atoms with Gasteiger partial charge in [-0.05, 0) is 30.7 Å². The molecule has 0 bridgehead atoms. The third-order valence-corrected chi connectivity index (χ3v) is 5.32. The fourth-order valence-electron chi connectivity index (χ4n) is 2.12. The Labute approximate surface area is 164 Å². The summed E-state index contributed by atoms with van der Waals surface area (Å²) in [5.74, 6) is 0.572. The molecule has 0 radical (unpaired) electrons. The van der Waals surface area contributed by atoms with Crippen LogP contribution in [-0.4, -0.2) is 21.1 Å². The Hall–Kier alpha value is -2.03. The Morgan fingerprint density at radius 1 is 1.23 bits per heavy atom. The summed E-state index contributed by atoms with van der Waals surface area (Å²) in [6.45, 7) is 2.43. The Morgan fingerprint density at radius 2 is 2.04 bits per heavy atom. The summed E-state index contributed by atoms with van der Waals surface area (Å²) in [4.78, 5) is 16.6. The Bertz CT molecular complexity index is 864. The first-order valence-electron chi connectivity index (χ1n) is 8.06. The topological polar surface area (TPSA) is 77.0 Å². The van der Waals surface area contributed by atoms with Crippen molar-refractivity contribution in [3.63, 3.8) is 0 Å². The number of aryl methyl sites for hydroxylation is 1. The van der Waals surface area contributed by atoms with E-state index in [2.05, 4.69) is 27.4 Å². The number of hydrogen-bond donors (Lipinski definition) is 1. The molecule has 1 aromatic carbocycles. The third kappa shape index (κ3) is 5.48. The van der Waals surface area contributed by atoms with Crippen molar-refractivity contribution in [1.82, 2.24) is 15.2 Å². The average Bonchev–Trinajstić information content (AvgIpc) is 3.24. The largest absolute Gasteiger partial charge is 0.486 e. The molecule has 0 atom stereocenters. The first-order valence-corrected chi connectivity index (χ1v) is 10.1. The summed E-state index contributed by atoms with van der Waals surface area (Å²) in [6, 6.07) is 7.15. The van der Waals surface area contributed by atoms with Crippen LogP contribution in [0.3, 0.4) is 0 Å². The van der Waals surface area contributed by atoms with Gasteiger partial charge in [0.25, 0.3) is 0 Å². The molecule has 0 fully saturated rings. The Balaban J connectivity index is 1.49. The van der Waals surface area contributed by atoms with Crippen LogP contribution in [0.25, 0.3) is 0 Å². The summed E-state index contributed by atoms with van der Waals surface area (Å²) < 4.78 is 5.66. The standard InChI is InChI=1S/C17H17ClN4O2S2/c1-2-3-15-21-22-17(26-15)20-14(23)8-12-10-25-16(19-12)9-24-13-6-4-11(18)5-7-13/h4-7,10H,2-3,8-9H2,1H3,(H,20,22,23). The van der Waals surface area contributed by atoms with Crippen LogP contribution in [0, 0.1) is 0 Å². The predicted molar refractivity (Wildman–Crippen MR) is 104 cm³/mol. The second kappa shape index (κ2) is 9.07. The zero-order valence-corrected chi connectivity index (χ0v) is 16.5. The van der Waals surface area contributed by atoms with Gasteiger partial charge in [0.05, 0.1) is 12.1 Å². The number of rotatable bonds is 8. The molecule has 0 aliphatic rings. The Kier molecular flexibility index (Phi) is 6.54. The maximum atomic E-state index is 12.1. The number of anilines is 1. The molecule has 0 aliphatic carbocycles. The molecule has 0 saturated carbocycles. The van der Waals surface area contributed by atoms with E-state index in [1.54, 1.807) is 24.3 Å². The molecule has 1 N–H and O–H groups in total. The molecule has 0 saturated heterocycles. The number of benzene rings is 1. The molecule has 9 heteroatoms. The molecular weight excluding hydrogens is 392 g/mol. The molecule has 26 heavy (non-hydrogen) atoms. The van der Waals surface area contributed by atoms with Gasteiger partial charge in [0, 0.05) is 16.8 Å². The van der Waals surface area contributed by atoms with Crippen molar-refractivity contribution in [3.05, 3.63) is 50.4 Å². The van der Waals surface area contributed by atoms with Crippen molar-refractivity contribution < 1.29 is 9.53 Å². The zero-order valence-electron chi connectivity index (χ0n) is 14.1. The molecular formula is C17H17ClN4O2S2. The van der Waals surface area contributed by atoms with Crippen molar-refractivity contribution in [3.8, 4) is 5.75 Å². The smallest absolute Gasteiger partial charge is 0.232 e. The van der Waals surface area contributed by atoms with Crippen LogP contribution in [-0.2, 0) is 24.2 Å². The van der Waals surface area contributed by atoms with Gasteiger partial charge < -0.3 is 10.1 Å². The quantitative estimate of drug-likeness (QED) is 0.599. The SMILES string of the molecule is CCCc1nnc(NC(=O)Cc2csc(COc3ccc(Cl)cc3)n2)s1. The predicted octanol–water partition coefficient (Wildman–Crippen LogP) is 4.36. The van der Waals surface area contributed by atoms with E-state index >= 15 is 0 Å². The normalized spacial score (nSPS) is 10.7. The van der Waals surface area contributed by atoms with Crippen LogP contribution in [0.2, 0.25) is 5.02 Å². The lowest BCUT2D eigenvalue weighted by molar-refractivity contribution is -0.115. The van der Waals surface area contributed by atoms with Crippen LogP contribution in [0.5, 0.6) is 5.75 Å². The summed E-state index contributed by atoms with van der Waals surface area (Å²) in [7, 11) is 0. The number of nitrogens with zero attached hydrogens (tertiary/aromatic N) is 3. The van der Waals surface area contributed by atoms with E-state index in [9.17, 15) is 4.79 Å². The minimum atomic E-state index is -0.153. The first kappa shape index (κ1) is 18.8. The van der Waals surface area contributed by atoms with E-state index in [-0.39, 0.29) is 12.3 Å². The Morgan fingerprint density at radius 3 is 2.81 bits per heavy atom. The number of carbonyl (C=O) groups excluding carboxylic acids is 1. The molecule has 3 rings (SSSR count). The van der Waals surface area contributed by atoms with Crippen molar-refractivity contribution in [2.75, 3.05) is 5.32 Å². The van der Waals surface area contributed by atoms with Gasteiger partial charge in [0.15, 0.2) is 0 Å². The van der Waals surface area contributed by atoms with Gasteiger partial charge in [0.1, 0.15) is 22.4 Å². The number of carbonyl (C=O) groups is 1. The van der Waals surface area contributed by atoms with Crippen LogP contribution in [0.15, 0.2) is 29.6 Å². The second-order valence-corrected chi connectivity index (χ2v) is 7.89. The van der Waals surface area contributed by atoms with Gasteiger partial charge in [-0.15, -0.1) is 21.5 Å². The van der Waals surface area contributed by atoms with E-state index in [1.165, 1.54) is 22.7 Å². The number of hydrogen-bond acceptors (Lipinski definition) is 7. The molecule has 0 aliphatic heterocycles. The van der Waals surface area contributed by atoms with Gasteiger partial charge in [0.2, 0.25) is 11.0 Å². The minimum Gasteiger partial charge on any atom is -0.486 e. The summed E-state index contributed by atoms with van der Waals surface area (Å²) in [5.41, 5.74) is 0.709. The highest BCUT2D eigenvalue weighted by molar-refractivity contribution is 7.15. The van der Waals surface area contributed by atoms with Gasteiger partial charge in [-0.1, -0.05) is 29.9 Å². The lowest BCUT2D eigenvalue weighted by atomic mass is 10.3. The highest BCUT2D eigenvalue weighted by Crippen LogP contribution is 2.19. The molecule has 1 amide bonds. The van der Waals surface area contributed by atoms with Crippen molar-refractivity contribution in [2.24, 2.45) is 0 Å². The van der Waals surface area contributed by atoms with E-state index in [0.717, 1.165) is 28.6 Å². The van der Waals surface area contributed by atoms with Crippen molar-refractivity contribution in [1.29, 1.82) is 0 Å². The number of halogens is 1. The summed E-state index contributed by atoms with van der Waals surface area (Å²) >= 11 is 8.71. The first-order chi connectivity index (χ1) is 12.6. The fourth-order valence-corrected chi connectivity index (χ4v) is 3.81. The van der Waals surface area contributed by atoms with Gasteiger partial charge >= 0.3 is 0 Å². The number of thiazole rings is 1. The minimum absolute atomic E-state index is 0.153. The fraction of sp³-hybridized carbons (Fsp3) is 0.294. The summed E-state index contributed by atoms with van der Waals surface area (Å²) in [6.07, 6.45) is 2.07. The highest BCUT2D eigenvalue weighted by Gasteiger charge is 2.11. The van der Waals surface area contributed by atoms with E-state index in [0.29, 0.717) is 22.5 Å². The van der Waals surface area contributed by atoms with Crippen molar-refractivity contribution >= 4 is 45.3 Å². The lowest BCUT2D eigenvalue weighted by Crippen LogP contribution is -2.14. The van der Waals surface area contributed by atoms with Crippen LogP contribution >= 0.6 is 34.3 Å². The second-order valence-electron chi connectivity index (χ2n) is 5.45. The molecule has 136 valence electrons. The van der Waals surface area contributed by atoms with E-state index < -0.39 is 0 Å². The lowest BCUT2D eigenvalue weighted by Gasteiger charge is -2.03. The molecule has 3 aromatic rings. The van der Waals surface area contributed by atoms with Crippen LogP contribution in [0.4, 0.5) is 5.13 Å². The zero-order chi connectivity index (χ0) is 18.4. The number of aromatic nitrogens is 3. The van der Waals surface area contributed by atoms with Crippen molar-refractivity contribution in [2.45, 2.75) is 32.8 Å². The summed E-state index contributed by atoms with van der Waals surface area (Å²) in [5, 5.41) is 15.6. The maximum absolute atomic E-state index is 12.1. The third-order valence-electron chi connectivity index (χ3n) is 3.29. The van der Waals surface area contributed by atoms with E-state index in [1.807, 2.05) is 5.38 Å². The van der Waals surface area contributed by atoms with Gasteiger partial charge in [-0.25, -0.2) is 4.98 Å². The molecule has 6 nitrogen and oxygen atoms in total. The van der Waals surface area contributed by atoms with Crippen LogP contribution < -0.4 is 10.1 Å². The monoisotopic (exact) mass is 408 g/mol. The number of amides is 1. The molecule has 0 unspecified atom stereocenters. The molecule has 0 spiro atoms. The van der Waals surface area contributed by atoms with Gasteiger partial charge in [-0.2, -0.15) is 0 Å². The van der Waals surface area contributed by atoms with Crippen LogP contribution in [0.1, 0.15) is 29.1 Å². The highest BCUT2D eigenvalue weighted by atomic mass is 35.5. The molecule has 2 heterocycles. The van der Waals surface area contributed by atoms with Gasteiger partial charge in [-0.3, -0.25) is 4.79 Å².